The average Bonchev–Trinajstić information content (AvgIpc) is 3.33. The van der Waals surface area contributed by atoms with Gasteiger partial charge < -0.3 is 5.32 Å². The van der Waals surface area contributed by atoms with Gasteiger partial charge in [0.25, 0.3) is 5.78 Å². The van der Waals surface area contributed by atoms with Crippen LogP contribution in [-0.4, -0.2) is 24.6 Å². The van der Waals surface area contributed by atoms with Crippen molar-refractivity contribution in [3.63, 3.8) is 0 Å². The van der Waals surface area contributed by atoms with E-state index in [1.165, 1.54) is 0 Å². The molecular formula is C18H13ClN6S. The predicted octanol–water partition coefficient (Wildman–Crippen LogP) is 5.04. The number of nitrogens with one attached hydrogen (secondary N) is 2. The molecule has 0 aliphatic heterocycles. The smallest absolute Gasteiger partial charge is 0.253 e. The third-order valence-electron chi connectivity index (χ3n) is 4.18. The fourth-order valence-corrected chi connectivity index (χ4v) is 3.66. The molecule has 0 saturated heterocycles. The Labute approximate surface area is 157 Å². The molecule has 5 aromatic rings. The number of hydrogen-bond donors (Lipinski definition) is 2. The van der Waals surface area contributed by atoms with Gasteiger partial charge in [-0.15, -0.1) is 11.3 Å². The lowest BCUT2D eigenvalue weighted by Crippen LogP contribution is -1.94. The summed E-state index contributed by atoms with van der Waals surface area (Å²) in [4.78, 5) is 13.5. The van der Waals surface area contributed by atoms with E-state index in [0.717, 1.165) is 32.9 Å². The Balaban J connectivity index is 1.52. The molecule has 0 bridgehead atoms. The topological polar surface area (TPSA) is 70.9 Å². The molecular weight excluding hydrogens is 368 g/mol. The van der Waals surface area contributed by atoms with Gasteiger partial charge in [0.1, 0.15) is 5.01 Å². The molecule has 2 aromatic carbocycles. The maximum Gasteiger partial charge on any atom is 0.253 e. The molecule has 0 amide bonds. The minimum atomic E-state index is 0.608. The number of aromatic nitrogens is 5. The summed E-state index contributed by atoms with van der Waals surface area (Å²) in [6.45, 7) is 1.97. The van der Waals surface area contributed by atoms with Crippen LogP contribution >= 0.6 is 22.9 Å². The number of fused-ring (bicyclic) bond motifs is 3. The Bertz CT molecular complexity index is 1240. The number of benzene rings is 2. The number of halogens is 1. The summed E-state index contributed by atoms with van der Waals surface area (Å²) in [5, 5.41) is 10.1. The monoisotopic (exact) mass is 380 g/mol. The van der Waals surface area contributed by atoms with Gasteiger partial charge in [-0.1, -0.05) is 17.7 Å². The molecule has 0 radical (unpaired) electrons. The molecule has 26 heavy (non-hydrogen) atoms. The molecule has 0 saturated carbocycles. The second-order valence-corrected chi connectivity index (χ2v) is 7.25. The summed E-state index contributed by atoms with van der Waals surface area (Å²) < 4.78 is 1.86. The molecule has 0 fully saturated rings. The van der Waals surface area contributed by atoms with Crippen molar-refractivity contribution in [1.82, 2.24) is 24.6 Å². The first-order valence-electron chi connectivity index (χ1n) is 7.99. The van der Waals surface area contributed by atoms with Gasteiger partial charge in [0.15, 0.2) is 0 Å². The molecule has 2 N–H and O–H groups in total. The van der Waals surface area contributed by atoms with Crippen LogP contribution in [0.5, 0.6) is 0 Å². The zero-order valence-corrected chi connectivity index (χ0v) is 15.3. The van der Waals surface area contributed by atoms with Crippen molar-refractivity contribution in [2.75, 3.05) is 5.32 Å². The molecule has 128 valence electrons. The Kier molecular flexibility index (Phi) is 3.44. The average molecular weight is 381 g/mol. The van der Waals surface area contributed by atoms with Crippen LogP contribution in [0.2, 0.25) is 5.02 Å². The van der Waals surface area contributed by atoms with Crippen LogP contribution in [0.15, 0.2) is 48.0 Å². The molecule has 3 heterocycles. The molecule has 8 heteroatoms. The van der Waals surface area contributed by atoms with Crippen molar-refractivity contribution >= 4 is 51.4 Å². The molecule has 0 aliphatic rings. The number of thiazole rings is 1. The summed E-state index contributed by atoms with van der Waals surface area (Å²) in [6.07, 6.45) is 1.80. The first-order chi connectivity index (χ1) is 12.7. The van der Waals surface area contributed by atoms with Gasteiger partial charge in [-0.25, -0.2) is 14.5 Å². The number of anilines is 2. The van der Waals surface area contributed by atoms with Crippen LogP contribution in [0, 0.1) is 6.92 Å². The lowest BCUT2D eigenvalue weighted by molar-refractivity contribution is 1.01. The normalized spacial score (nSPS) is 11.5. The third-order valence-corrected chi connectivity index (χ3v) is 5.41. The zero-order valence-electron chi connectivity index (χ0n) is 13.7. The molecule has 0 spiro atoms. The predicted molar refractivity (Wildman–Crippen MR) is 105 cm³/mol. The Morgan fingerprint density at radius 1 is 1.15 bits per heavy atom. The largest absolute Gasteiger partial charge is 0.324 e. The number of imidazole rings is 1. The number of aromatic amines is 1. The van der Waals surface area contributed by atoms with Crippen LogP contribution in [-0.2, 0) is 0 Å². The Morgan fingerprint density at radius 2 is 2.08 bits per heavy atom. The van der Waals surface area contributed by atoms with Crippen molar-refractivity contribution in [2.45, 2.75) is 6.92 Å². The zero-order chi connectivity index (χ0) is 17.7. The van der Waals surface area contributed by atoms with E-state index < -0.39 is 0 Å². The minimum absolute atomic E-state index is 0.608. The summed E-state index contributed by atoms with van der Waals surface area (Å²) in [5.74, 6) is 1.22. The second-order valence-electron chi connectivity index (χ2n) is 5.95. The van der Waals surface area contributed by atoms with Crippen molar-refractivity contribution in [1.29, 1.82) is 0 Å². The molecule has 0 unspecified atom stereocenters. The van der Waals surface area contributed by atoms with Gasteiger partial charge in [-0.2, -0.15) is 4.98 Å². The highest BCUT2D eigenvalue weighted by atomic mass is 35.5. The third kappa shape index (κ3) is 2.53. The maximum atomic E-state index is 6.18. The van der Waals surface area contributed by atoms with Crippen molar-refractivity contribution in [3.8, 4) is 10.6 Å². The van der Waals surface area contributed by atoms with Gasteiger partial charge in [-0.3, -0.25) is 5.10 Å². The minimum Gasteiger partial charge on any atom is -0.324 e. The van der Waals surface area contributed by atoms with E-state index in [1.807, 2.05) is 53.2 Å². The standard InChI is InChI=1S/C18H13ClN6S/c1-10-2-4-12(9-13(10)19)21-17-23-18-22-14-8-11(16-20-6-7-26-16)3-5-15(14)25(18)24-17/h2-9H,1H3,(H2,21,22,23,24). The van der Waals surface area contributed by atoms with Crippen molar-refractivity contribution < 1.29 is 0 Å². The van der Waals surface area contributed by atoms with Crippen LogP contribution in [0.4, 0.5) is 11.6 Å². The van der Waals surface area contributed by atoms with Crippen molar-refractivity contribution in [2.24, 2.45) is 0 Å². The van der Waals surface area contributed by atoms with Gasteiger partial charge in [0, 0.05) is 27.9 Å². The van der Waals surface area contributed by atoms with Crippen LogP contribution in [0.25, 0.3) is 27.4 Å². The fourth-order valence-electron chi connectivity index (χ4n) is 2.85. The van der Waals surface area contributed by atoms with Gasteiger partial charge >= 0.3 is 0 Å². The Morgan fingerprint density at radius 3 is 2.88 bits per heavy atom. The quantitative estimate of drug-likeness (QED) is 0.460. The fraction of sp³-hybridized carbons (Fsp3) is 0.0556. The van der Waals surface area contributed by atoms with Gasteiger partial charge in [0.05, 0.1) is 11.0 Å². The van der Waals surface area contributed by atoms with Gasteiger partial charge in [-0.05, 0) is 42.8 Å². The number of nitrogens with zero attached hydrogens (tertiary/aromatic N) is 4. The first kappa shape index (κ1) is 15.4. The van der Waals surface area contributed by atoms with E-state index in [9.17, 15) is 0 Å². The van der Waals surface area contributed by atoms with E-state index in [1.54, 1.807) is 17.5 Å². The van der Waals surface area contributed by atoms with E-state index >= 15 is 0 Å². The van der Waals surface area contributed by atoms with Crippen LogP contribution < -0.4 is 5.32 Å². The summed E-state index contributed by atoms with van der Waals surface area (Å²) in [5.41, 5.74) is 4.80. The molecule has 6 nitrogen and oxygen atoms in total. The number of hydrogen-bond acceptors (Lipinski definition) is 5. The molecule has 3 aromatic heterocycles. The number of H-pyrrole nitrogens is 1. The summed E-state index contributed by atoms with van der Waals surface area (Å²) >= 11 is 7.79. The highest BCUT2D eigenvalue weighted by molar-refractivity contribution is 7.13. The highest BCUT2D eigenvalue weighted by Crippen LogP contribution is 2.27. The first-order valence-corrected chi connectivity index (χ1v) is 9.24. The van der Waals surface area contributed by atoms with E-state index in [-0.39, 0.29) is 0 Å². The highest BCUT2D eigenvalue weighted by Gasteiger charge is 2.12. The summed E-state index contributed by atoms with van der Waals surface area (Å²) in [6, 6.07) is 11.9. The lowest BCUT2D eigenvalue weighted by atomic mass is 10.2. The Hall–Kier alpha value is -2.90. The van der Waals surface area contributed by atoms with E-state index in [2.05, 4.69) is 25.4 Å². The van der Waals surface area contributed by atoms with Crippen LogP contribution in [0.1, 0.15) is 5.56 Å². The molecule has 5 rings (SSSR count). The van der Waals surface area contributed by atoms with E-state index in [0.29, 0.717) is 16.7 Å². The molecule has 0 aliphatic carbocycles. The molecule has 0 atom stereocenters. The van der Waals surface area contributed by atoms with Crippen LogP contribution in [0.3, 0.4) is 0 Å². The number of aryl methyl sites for hydroxylation is 1. The second kappa shape index (κ2) is 5.82. The lowest BCUT2D eigenvalue weighted by Gasteiger charge is -2.04. The van der Waals surface area contributed by atoms with E-state index in [4.69, 9.17) is 11.6 Å². The summed E-state index contributed by atoms with van der Waals surface area (Å²) in [7, 11) is 0. The maximum absolute atomic E-state index is 6.18. The van der Waals surface area contributed by atoms with Crippen molar-refractivity contribution in [3.05, 3.63) is 58.6 Å². The SMILES string of the molecule is Cc1ccc(Nc2nc3nc4cc(-c5nccs5)ccc4n3[nH]2)cc1Cl. The van der Waals surface area contributed by atoms with Gasteiger partial charge in [0.2, 0.25) is 5.95 Å². The number of rotatable bonds is 3.